The van der Waals surface area contributed by atoms with E-state index in [9.17, 15) is 0 Å². The van der Waals surface area contributed by atoms with Crippen LogP contribution in [0.4, 0.5) is 11.6 Å². The topological polar surface area (TPSA) is 71.7 Å². The largest absolute Gasteiger partial charge is 0.380 e. The summed E-state index contributed by atoms with van der Waals surface area (Å²) >= 11 is 0. The van der Waals surface area contributed by atoms with E-state index < -0.39 is 0 Å². The van der Waals surface area contributed by atoms with Crippen LogP contribution in [-0.4, -0.2) is 14.8 Å². The van der Waals surface area contributed by atoms with Gasteiger partial charge in [0.15, 0.2) is 5.82 Å². The predicted molar refractivity (Wildman–Crippen MR) is 150 cm³/mol. The second-order valence-electron chi connectivity index (χ2n) is 9.68. The van der Waals surface area contributed by atoms with Crippen molar-refractivity contribution in [3.63, 3.8) is 0 Å². The van der Waals surface area contributed by atoms with E-state index in [1.165, 1.54) is 53.5 Å². The number of nitrogens with zero attached hydrogens (tertiary/aromatic N) is 2. The average molecular weight is 472 g/mol. The highest BCUT2D eigenvalue weighted by molar-refractivity contribution is 5.93. The molecule has 0 saturated heterocycles. The van der Waals surface area contributed by atoms with Crippen LogP contribution in [0.25, 0.3) is 22.2 Å². The Labute approximate surface area is 210 Å². The van der Waals surface area contributed by atoms with Gasteiger partial charge >= 0.3 is 0 Å². The third kappa shape index (κ3) is 5.39. The molecule has 0 aliphatic heterocycles. The van der Waals surface area contributed by atoms with Gasteiger partial charge < -0.3 is 16.0 Å². The summed E-state index contributed by atoms with van der Waals surface area (Å²) < 4.78 is 1.92. The van der Waals surface area contributed by atoms with Crippen molar-refractivity contribution in [2.75, 3.05) is 11.1 Å². The molecule has 4 N–H and O–H groups in total. The van der Waals surface area contributed by atoms with Crippen LogP contribution in [0.15, 0.2) is 48.5 Å². The zero-order chi connectivity index (χ0) is 24.8. The molecule has 0 fully saturated rings. The van der Waals surface area contributed by atoms with Crippen molar-refractivity contribution in [1.82, 2.24) is 14.8 Å². The number of unbranched alkanes of at least 4 members (excludes halogenated alkanes) is 3. The van der Waals surface area contributed by atoms with E-state index in [1.54, 1.807) is 0 Å². The number of H-pyrrole nitrogens is 1. The molecule has 4 rings (SSSR count). The van der Waals surface area contributed by atoms with Crippen molar-refractivity contribution in [1.29, 1.82) is 0 Å². The molecule has 0 amide bonds. The van der Waals surface area contributed by atoms with Crippen LogP contribution in [0.1, 0.15) is 81.9 Å². The Hall–Kier alpha value is -3.21. The molecule has 2 aromatic carbocycles. The fourth-order valence-corrected chi connectivity index (χ4v) is 5.32. The van der Waals surface area contributed by atoms with Gasteiger partial charge in [0.25, 0.3) is 0 Å². The third-order valence-electron chi connectivity index (χ3n) is 7.27. The molecular weight excluding hydrogens is 430 g/mol. The second kappa shape index (κ2) is 11.5. The lowest BCUT2D eigenvalue weighted by atomic mass is 9.93. The molecule has 186 valence electrons. The molecule has 5 heteroatoms. The molecule has 5 nitrogen and oxygen atoms in total. The van der Waals surface area contributed by atoms with Gasteiger partial charge in [0.05, 0.1) is 5.52 Å². The van der Waals surface area contributed by atoms with E-state index in [2.05, 4.69) is 84.7 Å². The second-order valence-corrected chi connectivity index (χ2v) is 9.68. The Balaban J connectivity index is 1.62. The lowest BCUT2D eigenvalue weighted by Crippen LogP contribution is -2.07. The first-order valence-electron chi connectivity index (χ1n) is 13.3. The van der Waals surface area contributed by atoms with Crippen molar-refractivity contribution in [3.05, 3.63) is 65.2 Å². The van der Waals surface area contributed by atoms with Gasteiger partial charge in [-0.05, 0) is 53.9 Å². The third-order valence-corrected chi connectivity index (χ3v) is 7.27. The minimum absolute atomic E-state index is 0.454. The molecule has 2 aromatic heterocycles. The SMILES string of the molecule is CCCCCCc1cc(CNc2[nH]c3c(N)nn(C)c3c2C(CC)CC)ccc1-c1ccccc1. The molecule has 0 saturated carbocycles. The summed E-state index contributed by atoms with van der Waals surface area (Å²) in [5.41, 5.74) is 15.0. The van der Waals surface area contributed by atoms with E-state index >= 15 is 0 Å². The van der Waals surface area contributed by atoms with Crippen LogP contribution in [0.2, 0.25) is 0 Å². The summed E-state index contributed by atoms with van der Waals surface area (Å²) in [6, 6.07) is 17.7. The number of hydrogen-bond acceptors (Lipinski definition) is 3. The van der Waals surface area contributed by atoms with Gasteiger partial charge in [-0.25, -0.2) is 0 Å². The van der Waals surface area contributed by atoms with Crippen molar-refractivity contribution in [2.45, 2.75) is 78.2 Å². The molecule has 0 bridgehead atoms. The Kier molecular flexibility index (Phi) is 8.17. The van der Waals surface area contributed by atoms with Crippen LogP contribution >= 0.6 is 0 Å². The predicted octanol–water partition coefficient (Wildman–Crippen LogP) is 7.79. The molecule has 0 unspecified atom stereocenters. The van der Waals surface area contributed by atoms with E-state index in [1.807, 2.05) is 11.7 Å². The molecular formula is C30H41N5. The first-order valence-corrected chi connectivity index (χ1v) is 13.3. The number of nitrogens with two attached hydrogens (primary N) is 1. The number of aromatic nitrogens is 3. The maximum absolute atomic E-state index is 6.22. The van der Waals surface area contributed by atoms with Crippen molar-refractivity contribution in [2.24, 2.45) is 7.05 Å². The molecule has 4 aromatic rings. The quantitative estimate of drug-likeness (QED) is 0.185. The van der Waals surface area contributed by atoms with Gasteiger partial charge in [-0.3, -0.25) is 4.68 Å². The van der Waals surface area contributed by atoms with Gasteiger partial charge in [0.2, 0.25) is 0 Å². The van der Waals surface area contributed by atoms with Gasteiger partial charge in [-0.2, -0.15) is 5.10 Å². The number of nitrogen functional groups attached to an aromatic ring is 1. The van der Waals surface area contributed by atoms with Crippen LogP contribution < -0.4 is 11.1 Å². The molecule has 35 heavy (non-hydrogen) atoms. The van der Waals surface area contributed by atoms with Crippen molar-refractivity contribution < 1.29 is 0 Å². The van der Waals surface area contributed by atoms with Crippen molar-refractivity contribution >= 4 is 22.7 Å². The summed E-state index contributed by atoms with van der Waals surface area (Å²) in [7, 11) is 1.98. The first kappa shape index (κ1) is 24.9. The summed E-state index contributed by atoms with van der Waals surface area (Å²) in [6.45, 7) is 7.54. The number of hydrogen-bond donors (Lipinski definition) is 3. The van der Waals surface area contributed by atoms with Crippen LogP contribution in [-0.2, 0) is 20.0 Å². The maximum Gasteiger partial charge on any atom is 0.169 e. The zero-order valence-corrected chi connectivity index (χ0v) is 21.8. The number of nitrogens with one attached hydrogen (secondary N) is 2. The van der Waals surface area contributed by atoms with Gasteiger partial charge in [-0.1, -0.05) is 88.6 Å². The summed E-state index contributed by atoms with van der Waals surface area (Å²) in [4.78, 5) is 3.55. The maximum atomic E-state index is 6.22. The Morgan fingerprint density at radius 1 is 1.00 bits per heavy atom. The highest BCUT2D eigenvalue weighted by atomic mass is 15.3. The van der Waals surface area contributed by atoms with Gasteiger partial charge in [0, 0.05) is 19.2 Å². The van der Waals surface area contributed by atoms with Crippen molar-refractivity contribution in [3.8, 4) is 11.1 Å². The Morgan fingerprint density at radius 2 is 1.77 bits per heavy atom. The monoisotopic (exact) mass is 471 g/mol. The fourth-order valence-electron chi connectivity index (χ4n) is 5.32. The molecule has 0 aliphatic rings. The lowest BCUT2D eigenvalue weighted by Gasteiger charge is -2.17. The summed E-state index contributed by atoms with van der Waals surface area (Å²) in [5.74, 6) is 2.09. The zero-order valence-electron chi connectivity index (χ0n) is 21.8. The molecule has 0 spiro atoms. The van der Waals surface area contributed by atoms with E-state index in [0.29, 0.717) is 11.7 Å². The van der Waals surface area contributed by atoms with Crippen LogP contribution in [0, 0.1) is 0 Å². The fraction of sp³-hybridized carbons (Fsp3) is 0.433. The molecule has 0 radical (unpaired) electrons. The number of aromatic amines is 1. The minimum atomic E-state index is 0.454. The van der Waals surface area contributed by atoms with E-state index in [-0.39, 0.29) is 0 Å². The molecule has 2 heterocycles. The number of benzene rings is 2. The number of aryl methyl sites for hydroxylation is 2. The summed E-state index contributed by atoms with van der Waals surface area (Å²) in [5, 5.41) is 8.17. The van der Waals surface area contributed by atoms with Crippen LogP contribution in [0.3, 0.4) is 0 Å². The van der Waals surface area contributed by atoms with Crippen LogP contribution in [0.5, 0.6) is 0 Å². The van der Waals surface area contributed by atoms with E-state index in [0.717, 1.165) is 42.7 Å². The lowest BCUT2D eigenvalue weighted by molar-refractivity contribution is 0.641. The molecule has 0 aliphatic carbocycles. The summed E-state index contributed by atoms with van der Waals surface area (Å²) in [6.07, 6.45) is 8.37. The molecule has 0 atom stereocenters. The Morgan fingerprint density at radius 3 is 2.49 bits per heavy atom. The standard InChI is InChI=1S/C30H41N5/c1-5-8-9-11-16-24-19-21(17-18-25(24)23-14-12-10-13-15-23)20-32-30-26(22(6-2)7-3)28-27(33-30)29(31)34-35(28)4/h10,12-15,17-19,22,32-33H,5-9,11,16,20H2,1-4H3,(H2,31,34). The smallest absolute Gasteiger partial charge is 0.169 e. The highest BCUT2D eigenvalue weighted by Gasteiger charge is 2.23. The number of anilines is 2. The Bertz CT molecular complexity index is 1230. The average Bonchev–Trinajstić information content (AvgIpc) is 3.39. The van der Waals surface area contributed by atoms with Gasteiger partial charge in [0.1, 0.15) is 11.3 Å². The first-order chi connectivity index (χ1) is 17.1. The number of rotatable bonds is 12. The highest BCUT2D eigenvalue weighted by Crippen LogP contribution is 2.38. The van der Waals surface area contributed by atoms with Gasteiger partial charge in [-0.15, -0.1) is 0 Å². The normalized spacial score (nSPS) is 11.6. The minimum Gasteiger partial charge on any atom is -0.380 e. The number of fused-ring (bicyclic) bond motifs is 1. The van der Waals surface area contributed by atoms with E-state index in [4.69, 9.17) is 5.73 Å².